The fourth-order valence-corrected chi connectivity index (χ4v) is 0. The summed E-state index contributed by atoms with van der Waals surface area (Å²) < 4.78 is 9.35. The molecule has 0 fully saturated rings. The molecule has 1 atom stereocenters. The topological polar surface area (TPSA) is 37.3 Å². The van der Waals surface area contributed by atoms with Gasteiger partial charge in [-0.1, -0.05) is 0 Å². The van der Waals surface area contributed by atoms with Crippen LogP contribution < -0.4 is 0 Å². The average Bonchev–Trinajstić information content (AvgIpc) is 0.722. The van der Waals surface area contributed by atoms with E-state index in [1.807, 2.05) is 0 Å². The third-order valence-corrected chi connectivity index (χ3v) is 0. The molecule has 0 aliphatic rings. The first-order valence-electron chi connectivity index (χ1n) is 0.776. The standard InChI is InChI=1S/CH2O2P.Cu/c1-4(2)3;/h1H,(H,2,3);/q+1;-1. The van der Waals surface area contributed by atoms with E-state index in [1.54, 1.807) is 0 Å². The number of hydrogen-bond acceptors (Lipinski definition) is 1. The molecule has 2 radical (unpaired) electrons. The first-order chi connectivity index (χ1) is 2.00. The zero-order chi connectivity index (χ0) is 4.50. The Balaban J connectivity index is 3.47. The summed E-state index contributed by atoms with van der Waals surface area (Å²) in [5.41, 5.74) is 0. The zero-order valence-corrected chi connectivity index (χ0v) is 4.02. The van der Waals surface area contributed by atoms with Gasteiger partial charge < -0.3 is 0 Å². The number of hydrogen-bond donors (Lipinski definition) is 1. The van der Waals surface area contributed by atoms with Crippen molar-refractivity contribution in [2.24, 2.45) is 0 Å². The maximum atomic E-state index is 9.35. The van der Waals surface area contributed by atoms with Crippen molar-refractivity contribution in [2.75, 3.05) is 0 Å². The molecule has 0 aromatic rings. The maximum absolute atomic E-state index is 9.35. The van der Waals surface area contributed by atoms with Crippen LogP contribution >= 0.6 is 6.06 Å². The summed E-state index contributed by atoms with van der Waals surface area (Å²) >= 11 is 3.85. The van der Waals surface area contributed by atoms with E-state index in [0.29, 0.717) is 0 Å². The molecule has 0 bridgehead atoms. The SMILES string of the molecule is [CH][P](=O)(O)[Cu]. The minimum atomic E-state index is -3.58. The summed E-state index contributed by atoms with van der Waals surface area (Å²) in [7, 11) is 0. The van der Waals surface area contributed by atoms with Crippen LogP contribution in [-0.2, 0) is 20.1 Å². The van der Waals surface area contributed by atoms with Crippen molar-refractivity contribution in [1.82, 2.24) is 0 Å². The average molecular weight is 141 g/mol. The van der Waals surface area contributed by atoms with Crippen molar-refractivity contribution in [2.45, 2.75) is 0 Å². The van der Waals surface area contributed by atoms with Crippen LogP contribution in [0.1, 0.15) is 0 Å². The van der Waals surface area contributed by atoms with Crippen LogP contribution in [0.25, 0.3) is 0 Å². The predicted octanol–water partition coefficient (Wildman–Crippen LogP) is 0.387. The van der Waals surface area contributed by atoms with E-state index in [2.05, 4.69) is 22.2 Å². The van der Waals surface area contributed by atoms with Crippen LogP contribution in [0.15, 0.2) is 0 Å². The number of rotatable bonds is 0. The molecule has 1 unspecified atom stereocenters. The molecule has 0 saturated carbocycles. The Morgan fingerprint density at radius 2 is 2.00 bits per heavy atom. The van der Waals surface area contributed by atoms with Gasteiger partial charge in [0.1, 0.15) is 0 Å². The molecule has 0 rings (SSSR count). The van der Waals surface area contributed by atoms with E-state index >= 15 is 0 Å². The fraction of sp³-hybridized carbons (Fsp3) is 0. The molecule has 0 aliphatic heterocycles. The minimum absolute atomic E-state index is 3.58. The Morgan fingerprint density at radius 1 is 2.00 bits per heavy atom. The third-order valence-electron chi connectivity index (χ3n) is 0. The van der Waals surface area contributed by atoms with Gasteiger partial charge in [-0.3, -0.25) is 0 Å². The van der Waals surface area contributed by atoms with E-state index in [1.165, 1.54) is 0 Å². The van der Waals surface area contributed by atoms with Crippen LogP contribution in [0.5, 0.6) is 0 Å². The van der Waals surface area contributed by atoms with Gasteiger partial charge >= 0.3 is 37.8 Å². The van der Waals surface area contributed by atoms with Gasteiger partial charge in [-0.05, 0) is 0 Å². The molecular weight excluding hydrogens is 139 g/mol. The second-order valence-corrected chi connectivity index (χ2v) is 3.30. The van der Waals surface area contributed by atoms with Gasteiger partial charge in [-0.25, -0.2) is 0 Å². The van der Waals surface area contributed by atoms with Gasteiger partial charge in [0.25, 0.3) is 0 Å². The summed E-state index contributed by atoms with van der Waals surface area (Å²) in [6, 6.07) is -3.58. The summed E-state index contributed by atoms with van der Waals surface area (Å²) in [5.74, 6) is 0. The Hall–Kier alpha value is 0.709. The van der Waals surface area contributed by atoms with Crippen molar-refractivity contribution < 1.29 is 25.0 Å². The molecule has 2 nitrogen and oxygen atoms in total. The first kappa shape index (κ1) is 5.71. The van der Waals surface area contributed by atoms with Gasteiger partial charge in [0.05, 0.1) is 0 Å². The quantitative estimate of drug-likeness (QED) is 0.390. The van der Waals surface area contributed by atoms with Crippen molar-refractivity contribution in [3.8, 4) is 0 Å². The Kier molecular flexibility index (Phi) is 1.64. The molecule has 0 spiro atoms. The first-order valence-corrected chi connectivity index (χ1v) is 3.59. The molecule has 5 heavy (non-hydrogen) atoms. The molecule has 4 heteroatoms. The normalized spacial score (nSPS) is 21.6. The van der Waals surface area contributed by atoms with E-state index in [-0.39, 0.29) is 0 Å². The van der Waals surface area contributed by atoms with Crippen molar-refractivity contribution >= 4 is 6.06 Å². The molecular formula is CH2CuO2P. The molecule has 0 aliphatic carbocycles. The molecule has 0 aromatic carbocycles. The van der Waals surface area contributed by atoms with Gasteiger partial charge in [-0.15, -0.1) is 0 Å². The molecule has 1 N–H and O–H groups in total. The van der Waals surface area contributed by atoms with E-state index in [0.717, 1.165) is 0 Å². The Labute approximate surface area is 38.5 Å². The predicted molar refractivity (Wildman–Crippen MR) is 14.1 cm³/mol. The second kappa shape index (κ2) is 1.44. The Bertz CT molecular complexity index is 55.8. The third kappa shape index (κ3) is 68.7. The molecule has 0 heterocycles. The monoisotopic (exact) mass is 140 g/mol. The fourth-order valence-electron chi connectivity index (χ4n) is 0. The van der Waals surface area contributed by atoms with Crippen LogP contribution in [0.4, 0.5) is 0 Å². The Morgan fingerprint density at radius 3 is 2.00 bits per heavy atom. The van der Waals surface area contributed by atoms with Gasteiger partial charge in [0.2, 0.25) is 0 Å². The van der Waals surface area contributed by atoms with Gasteiger partial charge in [0, 0.05) is 0 Å². The van der Waals surface area contributed by atoms with Gasteiger partial charge in [-0.2, -0.15) is 0 Å². The molecule has 34 valence electrons. The van der Waals surface area contributed by atoms with E-state index in [9.17, 15) is 4.57 Å². The van der Waals surface area contributed by atoms with Crippen molar-refractivity contribution in [3.63, 3.8) is 0 Å². The molecule has 0 saturated heterocycles. The summed E-state index contributed by atoms with van der Waals surface area (Å²) in [4.78, 5) is 7.66. The summed E-state index contributed by atoms with van der Waals surface area (Å²) in [5, 5.41) is 0. The summed E-state index contributed by atoms with van der Waals surface area (Å²) in [6.07, 6.45) is 0. The van der Waals surface area contributed by atoms with Crippen LogP contribution in [0.3, 0.4) is 0 Å². The zero-order valence-electron chi connectivity index (χ0n) is 2.18. The van der Waals surface area contributed by atoms with E-state index < -0.39 is 6.06 Å². The van der Waals surface area contributed by atoms with E-state index in [4.69, 9.17) is 4.89 Å². The molecule has 0 amide bonds. The summed E-state index contributed by atoms with van der Waals surface area (Å²) in [6.45, 7) is 4.27. The van der Waals surface area contributed by atoms with Gasteiger partial charge in [0.15, 0.2) is 0 Å². The van der Waals surface area contributed by atoms with Crippen LogP contribution in [0.2, 0.25) is 0 Å². The molecule has 0 aromatic heterocycles. The second-order valence-electron chi connectivity index (χ2n) is 0.496. The van der Waals surface area contributed by atoms with Crippen molar-refractivity contribution in [1.29, 1.82) is 0 Å². The van der Waals surface area contributed by atoms with Crippen LogP contribution in [0, 0.1) is 6.66 Å². The van der Waals surface area contributed by atoms with Crippen molar-refractivity contribution in [3.05, 3.63) is 6.66 Å². The van der Waals surface area contributed by atoms with Crippen LogP contribution in [-0.4, -0.2) is 4.89 Å².